The number of thiazole rings is 1. The highest BCUT2D eigenvalue weighted by Crippen LogP contribution is 2.33. The zero-order chi connectivity index (χ0) is 14.1. The second-order valence-corrected chi connectivity index (χ2v) is 6.27. The summed E-state index contributed by atoms with van der Waals surface area (Å²) in [7, 11) is 0. The first-order valence-corrected chi connectivity index (χ1v) is 7.75. The van der Waals surface area contributed by atoms with E-state index in [-0.39, 0.29) is 11.9 Å². The second-order valence-electron chi connectivity index (χ2n) is 5.27. The van der Waals surface area contributed by atoms with Crippen molar-refractivity contribution in [2.24, 2.45) is 0 Å². The molecule has 0 fully saturated rings. The van der Waals surface area contributed by atoms with E-state index >= 15 is 0 Å². The molecule has 0 atom stereocenters. The number of fused-ring (bicyclic) bond motifs is 1. The van der Waals surface area contributed by atoms with Crippen LogP contribution >= 0.6 is 11.3 Å². The topological polar surface area (TPSA) is 39.2 Å². The number of rotatable bonds is 3. The van der Waals surface area contributed by atoms with Gasteiger partial charge in [-0.1, -0.05) is 12.1 Å². The van der Waals surface area contributed by atoms with Gasteiger partial charge < -0.3 is 4.74 Å². The molecular formula is C16H17NO2S. The van der Waals surface area contributed by atoms with E-state index in [9.17, 15) is 4.79 Å². The van der Waals surface area contributed by atoms with Gasteiger partial charge in [-0.15, -0.1) is 11.3 Å². The summed E-state index contributed by atoms with van der Waals surface area (Å²) in [5.41, 5.74) is 1.99. The summed E-state index contributed by atoms with van der Waals surface area (Å²) in [4.78, 5) is 17.4. The van der Waals surface area contributed by atoms with E-state index in [0.29, 0.717) is 6.42 Å². The Morgan fingerprint density at radius 3 is 2.90 bits per heavy atom. The minimum absolute atomic E-state index is 0.149. The fourth-order valence-corrected chi connectivity index (χ4v) is 3.44. The smallest absolute Gasteiger partial charge is 0.174 e. The predicted molar refractivity (Wildman–Crippen MR) is 80.6 cm³/mol. The number of carbonyl (C=O) groups excluding carboxylic acids is 1. The normalized spacial score (nSPS) is 14.4. The third kappa shape index (κ3) is 2.61. The summed E-state index contributed by atoms with van der Waals surface area (Å²) >= 11 is 1.51. The number of carbonyl (C=O) groups is 1. The van der Waals surface area contributed by atoms with Crippen molar-refractivity contribution in [1.82, 2.24) is 4.98 Å². The molecule has 0 radical (unpaired) electrons. The molecule has 2 aromatic rings. The van der Waals surface area contributed by atoms with E-state index in [1.165, 1.54) is 11.3 Å². The van der Waals surface area contributed by atoms with Crippen molar-refractivity contribution in [1.29, 1.82) is 0 Å². The van der Waals surface area contributed by atoms with Crippen LogP contribution in [0.25, 0.3) is 10.6 Å². The Morgan fingerprint density at radius 2 is 2.15 bits per heavy atom. The van der Waals surface area contributed by atoms with E-state index in [0.717, 1.165) is 39.7 Å². The summed E-state index contributed by atoms with van der Waals surface area (Å²) in [6.45, 7) is 4.01. The van der Waals surface area contributed by atoms with Crippen molar-refractivity contribution in [3.8, 4) is 16.3 Å². The molecule has 1 aromatic heterocycles. The van der Waals surface area contributed by atoms with Gasteiger partial charge in [0.15, 0.2) is 5.78 Å². The van der Waals surface area contributed by atoms with Crippen molar-refractivity contribution < 1.29 is 9.53 Å². The van der Waals surface area contributed by atoms with Crippen LogP contribution in [-0.2, 0) is 6.42 Å². The van der Waals surface area contributed by atoms with Gasteiger partial charge in [-0.05, 0) is 38.8 Å². The van der Waals surface area contributed by atoms with Gasteiger partial charge in [-0.2, -0.15) is 0 Å². The Kier molecular flexibility index (Phi) is 3.57. The highest BCUT2D eigenvalue weighted by atomic mass is 32.1. The SMILES string of the molecule is CC(C)Oc1cccc(-c2nc3c(s2)C(=O)CCC3)c1. The lowest BCUT2D eigenvalue weighted by Gasteiger charge is -2.09. The summed E-state index contributed by atoms with van der Waals surface area (Å²) in [5.74, 6) is 1.08. The maximum Gasteiger partial charge on any atom is 0.174 e. The van der Waals surface area contributed by atoms with Crippen LogP contribution in [0.15, 0.2) is 24.3 Å². The van der Waals surface area contributed by atoms with Gasteiger partial charge in [0.1, 0.15) is 10.8 Å². The van der Waals surface area contributed by atoms with Gasteiger partial charge >= 0.3 is 0 Å². The molecule has 0 unspecified atom stereocenters. The molecule has 0 N–H and O–H groups in total. The predicted octanol–water partition coefficient (Wildman–Crippen LogP) is 4.12. The summed E-state index contributed by atoms with van der Waals surface area (Å²) < 4.78 is 5.71. The molecule has 0 aliphatic heterocycles. The number of aromatic nitrogens is 1. The van der Waals surface area contributed by atoms with Gasteiger partial charge in [-0.3, -0.25) is 4.79 Å². The monoisotopic (exact) mass is 287 g/mol. The van der Waals surface area contributed by atoms with Crippen LogP contribution in [0, 0.1) is 0 Å². The number of aryl methyl sites for hydroxylation is 1. The molecule has 3 rings (SSSR count). The standard InChI is InChI=1S/C16H17NO2S/c1-10(2)19-12-6-3-5-11(9-12)16-17-13-7-4-8-14(18)15(13)20-16/h3,5-6,9-10H,4,7-8H2,1-2H3. The minimum atomic E-state index is 0.149. The number of Topliss-reactive ketones (excluding diaryl/α,β-unsaturated/α-hetero) is 1. The van der Waals surface area contributed by atoms with Crippen molar-refractivity contribution in [2.45, 2.75) is 39.2 Å². The Labute approximate surface area is 122 Å². The average molecular weight is 287 g/mol. The van der Waals surface area contributed by atoms with Gasteiger partial charge in [0.05, 0.1) is 16.7 Å². The van der Waals surface area contributed by atoms with E-state index in [2.05, 4.69) is 4.98 Å². The molecule has 3 nitrogen and oxygen atoms in total. The first-order valence-electron chi connectivity index (χ1n) is 6.93. The summed E-state index contributed by atoms with van der Waals surface area (Å²) in [6.07, 6.45) is 2.65. The third-order valence-corrected chi connectivity index (χ3v) is 4.41. The minimum Gasteiger partial charge on any atom is -0.491 e. The molecule has 0 saturated heterocycles. The largest absolute Gasteiger partial charge is 0.491 e. The fraction of sp³-hybridized carbons (Fsp3) is 0.375. The Balaban J connectivity index is 1.95. The highest BCUT2D eigenvalue weighted by Gasteiger charge is 2.22. The Bertz CT molecular complexity index is 646. The van der Waals surface area contributed by atoms with E-state index < -0.39 is 0 Å². The molecule has 20 heavy (non-hydrogen) atoms. The van der Waals surface area contributed by atoms with Crippen molar-refractivity contribution in [2.75, 3.05) is 0 Å². The van der Waals surface area contributed by atoms with Gasteiger partial charge in [0, 0.05) is 12.0 Å². The number of ether oxygens (including phenoxy) is 1. The maximum absolute atomic E-state index is 11.9. The molecule has 104 valence electrons. The zero-order valence-electron chi connectivity index (χ0n) is 11.7. The quantitative estimate of drug-likeness (QED) is 0.852. The highest BCUT2D eigenvalue weighted by molar-refractivity contribution is 7.17. The number of hydrogen-bond donors (Lipinski definition) is 0. The molecule has 1 aliphatic rings. The molecule has 1 aliphatic carbocycles. The maximum atomic E-state index is 11.9. The summed E-state index contributed by atoms with van der Waals surface area (Å²) in [5, 5.41) is 0.916. The van der Waals surface area contributed by atoms with Crippen molar-refractivity contribution in [3.05, 3.63) is 34.8 Å². The number of ketones is 1. The van der Waals surface area contributed by atoms with Crippen molar-refractivity contribution >= 4 is 17.1 Å². The van der Waals surface area contributed by atoms with Crippen LogP contribution < -0.4 is 4.74 Å². The first kappa shape index (κ1) is 13.3. The fourth-order valence-electron chi connectivity index (χ4n) is 2.37. The Hall–Kier alpha value is -1.68. The van der Waals surface area contributed by atoms with Crippen molar-refractivity contribution in [3.63, 3.8) is 0 Å². The molecule has 0 spiro atoms. The summed E-state index contributed by atoms with van der Waals surface area (Å²) in [6, 6.07) is 7.92. The number of hydrogen-bond acceptors (Lipinski definition) is 4. The molecule has 4 heteroatoms. The number of nitrogens with zero attached hydrogens (tertiary/aromatic N) is 1. The van der Waals surface area contributed by atoms with E-state index in [1.807, 2.05) is 38.1 Å². The molecule has 0 amide bonds. The van der Waals surface area contributed by atoms with E-state index in [1.54, 1.807) is 0 Å². The lowest BCUT2D eigenvalue weighted by molar-refractivity contribution is 0.0976. The zero-order valence-corrected chi connectivity index (χ0v) is 12.5. The third-order valence-electron chi connectivity index (χ3n) is 3.22. The Morgan fingerprint density at radius 1 is 1.30 bits per heavy atom. The number of benzene rings is 1. The molecule has 0 bridgehead atoms. The van der Waals surface area contributed by atoms with Crippen LogP contribution in [0.1, 0.15) is 42.1 Å². The van der Waals surface area contributed by atoms with Crippen LogP contribution in [0.3, 0.4) is 0 Å². The molecule has 1 aromatic carbocycles. The van der Waals surface area contributed by atoms with Crippen LogP contribution in [0.2, 0.25) is 0 Å². The van der Waals surface area contributed by atoms with Crippen LogP contribution in [0.4, 0.5) is 0 Å². The van der Waals surface area contributed by atoms with E-state index in [4.69, 9.17) is 4.74 Å². The molecule has 0 saturated carbocycles. The lowest BCUT2D eigenvalue weighted by atomic mass is 10.0. The van der Waals surface area contributed by atoms with Gasteiger partial charge in [0.2, 0.25) is 0 Å². The van der Waals surface area contributed by atoms with Gasteiger partial charge in [0.25, 0.3) is 0 Å². The van der Waals surface area contributed by atoms with Gasteiger partial charge in [-0.25, -0.2) is 4.98 Å². The first-order chi connectivity index (χ1) is 9.63. The molecule has 1 heterocycles. The molecular weight excluding hydrogens is 270 g/mol. The van der Waals surface area contributed by atoms with Crippen LogP contribution in [0.5, 0.6) is 5.75 Å². The average Bonchev–Trinajstić information content (AvgIpc) is 2.84. The second kappa shape index (κ2) is 5.37. The lowest BCUT2D eigenvalue weighted by Crippen LogP contribution is -2.07. The van der Waals surface area contributed by atoms with Crippen LogP contribution in [-0.4, -0.2) is 16.9 Å².